The summed E-state index contributed by atoms with van der Waals surface area (Å²) in [5.74, 6) is 0.394. The Morgan fingerprint density at radius 1 is 1.05 bits per heavy atom. The lowest BCUT2D eigenvalue weighted by molar-refractivity contribution is -0.152. The fourth-order valence-electron chi connectivity index (χ4n) is 7.19. The van der Waals surface area contributed by atoms with Crippen molar-refractivity contribution in [2.24, 2.45) is 16.7 Å². The second kappa shape index (κ2) is 13.9. The molecule has 0 radical (unpaired) electrons. The molecule has 230 valence electrons. The van der Waals surface area contributed by atoms with Gasteiger partial charge in [-0.25, -0.2) is 0 Å². The summed E-state index contributed by atoms with van der Waals surface area (Å²) in [5.41, 5.74) is 0.835. The molecule has 0 aromatic heterocycles. The van der Waals surface area contributed by atoms with Crippen LogP contribution in [-0.4, -0.2) is 53.5 Å². The summed E-state index contributed by atoms with van der Waals surface area (Å²) in [5, 5.41) is 12.0. The fourth-order valence-corrected chi connectivity index (χ4v) is 11.3. The van der Waals surface area contributed by atoms with E-state index in [0.29, 0.717) is 12.5 Å². The monoisotopic (exact) mass is 584 g/mol. The van der Waals surface area contributed by atoms with Crippen LogP contribution in [0.3, 0.4) is 0 Å². The van der Waals surface area contributed by atoms with Gasteiger partial charge in [0.15, 0.2) is 22.9 Å². The van der Waals surface area contributed by atoms with E-state index < -0.39 is 22.7 Å². The topological polar surface area (TPSA) is 57.2 Å². The summed E-state index contributed by atoms with van der Waals surface area (Å²) in [7, 11) is -3.55. The standard InChI is InChI=1S/C32H64O5Si2/c1-13-34-25(5)35-24-26-18-19-27-31(9,21-17-23-36-38(11,12)30(6,7)8)28(20-22-32(27,10)29(26)33)37-39(14-2,15-3)16-4/h24-25,27-29,33H,13-23H2,1-12H3/b26-24-/t25?,27-,28+,29-,31-,32-/m0/s1. The lowest BCUT2D eigenvalue weighted by Gasteiger charge is -2.61. The predicted octanol–water partition coefficient (Wildman–Crippen LogP) is 9.04. The molecule has 0 amide bonds. The molecule has 5 nitrogen and oxygen atoms in total. The molecular weight excluding hydrogens is 521 g/mol. The lowest BCUT2D eigenvalue weighted by Crippen LogP contribution is -2.60. The number of rotatable bonds is 14. The zero-order chi connectivity index (χ0) is 29.7. The first-order valence-electron chi connectivity index (χ1n) is 16.0. The predicted molar refractivity (Wildman–Crippen MR) is 169 cm³/mol. The van der Waals surface area contributed by atoms with Crippen molar-refractivity contribution in [3.63, 3.8) is 0 Å². The minimum Gasteiger partial charge on any atom is -0.473 e. The molecule has 2 aliphatic rings. The largest absolute Gasteiger partial charge is 0.473 e. The molecule has 7 heteroatoms. The highest BCUT2D eigenvalue weighted by Crippen LogP contribution is 2.61. The molecule has 1 N–H and O–H groups in total. The lowest BCUT2D eigenvalue weighted by atomic mass is 9.48. The SMILES string of the molecule is CCOC(C)O/C=C1/CC[C@H]2[C@](C)(CCCO[Si](C)(C)C(C)(C)C)[C@H](O[Si](CC)(CC)CC)CC[C@]2(C)[C@H]1O. The number of aliphatic hydroxyl groups is 1. The van der Waals surface area contributed by atoms with Gasteiger partial charge in [0.1, 0.15) is 0 Å². The van der Waals surface area contributed by atoms with Crippen molar-refractivity contribution in [3.05, 3.63) is 11.8 Å². The Bertz CT molecular complexity index is 782. The first kappa shape index (κ1) is 35.0. The summed E-state index contributed by atoms with van der Waals surface area (Å²) >= 11 is 0. The Morgan fingerprint density at radius 3 is 2.21 bits per heavy atom. The molecule has 2 fully saturated rings. The summed E-state index contributed by atoms with van der Waals surface area (Å²) in [6.45, 7) is 28.8. The molecule has 0 aromatic rings. The molecule has 39 heavy (non-hydrogen) atoms. The van der Waals surface area contributed by atoms with E-state index in [1.165, 1.54) is 18.1 Å². The molecule has 0 aromatic carbocycles. The summed E-state index contributed by atoms with van der Waals surface area (Å²) < 4.78 is 25.4. The van der Waals surface area contributed by atoms with Crippen molar-refractivity contribution in [2.45, 2.75) is 163 Å². The van der Waals surface area contributed by atoms with Gasteiger partial charge >= 0.3 is 0 Å². The molecule has 2 saturated carbocycles. The zero-order valence-corrected chi connectivity index (χ0v) is 29.7. The highest BCUT2D eigenvalue weighted by atomic mass is 28.4. The van der Waals surface area contributed by atoms with E-state index in [1.807, 2.05) is 13.8 Å². The maximum absolute atomic E-state index is 11.8. The summed E-state index contributed by atoms with van der Waals surface area (Å²) in [6.07, 6.45) is 7.29. The van der Waals surface area contributed by atoms with E-state index in [2.05, 4.69) is 68.5 Å². The molecule has 2 rings (SSSR count). The van der Waals surface area contributed by atoms with Crippen molar-refractivity contribution in [3.8, 4) is 0 Å². The Balaban J connectivity index is 2.33. The van der Waals surface area contributed by atoms with Crippen LogP contribution in [0, 0.1) is 16.7 Å². The van der Waals surface area contributed by atoms with Crippen LogP contribution in [0.4, 0.5) is 0 Å². The number of hydrogen-bond acceptors (Lipinski definition) is 5. The highest BCUT2D eigenvalue weighted by molar-refractivity contribution is 6.74. The molecule has 1 unspecified atom stereocenters. The third kappa shape index (κ3) is 7.81. The third-order valence-electron chi connectivity index (χ3n) is 11.2. The van der Waals surface area contributed by atoms with Gasteiger partial charge in [0.25, 0.3) is 0 Å². The van der Waals surface area contributed by atoms with Crippen LogP contribution in [0.25, 0.3) is 0 Å². The van der Waals surface area contributed by atoms with Crippen LogP contribution in [0.1, 0.15) is 108 Å². The molecule has 0 aliphatic heterocycles. The molecule has 6 atom stereocenters. The van der Waals surface area contributed by atoms with Gasteiger partial charge in [-0.1, -0.05) is 55.4 Å². The van der Waals surface area contributed by atoms with E-state index in [4.69, 9.17) is 18.3 Å². The minimum atomic E-state index is -1.78. The first-order valence-corrected chi connectivity index (χ1v) is 21.5. The summed E-state index contributed by atoms with van der Waals surface area (Å²) in [6, 6.07) is 3.52. The molecular formula is C32H64O5Si2. The quantitative estimate of drug-likeness (QED) is 0.0955. The molecule has 0 heterocycles. The maximum Gasteiger partial charge on any atom is 0.196 e. The molecule has 2 aliphatic carbocycles. The van der Waals surface area contributed by atoms with Crippen molar-refractivity contribution in [1.29, 1.82) is 0 Å². The minimum absolute atomic E-state index is 0.00747. The third-order valence-corrected chi connectivity index (χ3v) is 20.4. The average molecular weight is 585 g/mol. The van der Waals surface area contributed by atoms with Gasteiger partial charge in [0.2, 0.25) is 0 Å². The van der Waals surface area contributed by atoms with Crippen LogP contribution < -0.4 is 0 Å². The maximum atomic E-state index is 11.8. The second-order valence-corrected chi connectivity index (χ2v) is 24.0. The number of ether oxygens (including phenoxy) is 2. The zero-order valence-electron chi connectivity index (χ0n) is 27.7. The fraction of sp³-hybridized carbons (Fsp3) is 0.938. The van der Waals surface area contributed by atoms with Gasteiger partial charge in [-0.15, -0.1) is 0 Å². The van der Waals surface area contributed by atoms with E-state index in [-0.39, 0.29) is 28.3 Å². The number of hydrogen-bond donors (Lipinski definition) is 1. The smallest absolute Gasteiger partial charge is 0.196 e. The van der Waals surface area contributed by atoms with Crippen LogP contribution in [0.5, 0.6) is 0 Å². The van der Waals surface area contributed by atoms with Gasteiger partial charge in [-0.05, 0) is 106 Å². The summed E-state index contributed by atoms with van der Waals surface area (Å²) in [4.78, 5) is 0. The molecule has 0 spiro atoms. The Hall–Kier alpha value is -0.186. The Kier molecular flexibility index (Phi) is 12.4. The van der Waals surface area contributed by atoms with Crippen molar-refractivity contribution in [2.75, 3.05) is 13.2 Å². The van der Waals surface area contributed by atoms with Crippen LogP contribution in [0.2, 0.25) is 36.3 Å². The van der Waals surface area contributed by atoms with E-state index in [0.717, 1.165) is 50.7 Å². The molecule has 0 saturated heterocycles. The van der Waals surface area contributed by atoms with Crippen LogP contribution in [-0.2, 0) is 18.3 Å². The average Bonchev–Trinajstić information content (AvgIpc) is 2.87. The van der Waals surface area contributed by atoms with Crippen molar-refractivity contribution < 1.29 is 23.4 Å². The van der Waals surface area contributed by atoms with Crippen molar-refractivity contribution >= 4 is 16.6 Å². The highest BCUT2D eigenvalue weighted by Gasteiger charge is 2.59. The first-order chi connectivity index (χ1) is 18.1. The normalized spacial score (nSPS) is 32.2. The van der Waals surface area contributed by atoms with Gasteiger partial charge in [-0.3, -0.25) is 0 Å². The van der Waals surface area contributed by atoms with Gasteiger partial charge in [0, 0.05) is 18.6 Å². The molecule has 0 bridgehead atoms. The van der Waals surface area contributed by atoms with Crippen molar-refractivity contribution in [1.82, 2.24) is 0 Å². The van der Waals surface area contributed by atoms with Gasteiger partial charge in [-0.2, -0.15) is 0 Å². The Labute approximate surface area is 244 Å². The Morgan fingerprint density at radius 2 is 1.67 bits per heavy atom. The van der Waals surface area contributed by atoms with E-state index in [9.17, 15) is 5.11 Å². The van der Waals surface area contributed by atoms with E-state index in [1.54, 1.807) is 6.26 Å². The van der Waals surface area contributed by atoms with Gasteiger partial charge in [0.05, 0.1) is 18.5 Å². The van der Waals surface area contributed by atoms with Crippen LogP contribution in [0.15, 0.2) is 11.8 Å². The number of fused-ring (bicyclic) bond motifs is 1. The second-order valence-electron chi connectivity index (χ2n) is 14.5. The van der Waals surface area contributed by atoms with Gasteiger partial charge < -0.3 is 23.4 Å². The van der Waals surface area contributed by atoms with Crippen LogP contribution >= 0.6 is 0 Å². The number of aliphatic hydroxyl groups excluding tert-OH is 1. The van der Waals surface area contributed by atoms with E-state index >= 15 is 0 Å².